The highest BCUT2D eigenvalue weighted by Gasteiger charge is 2.38. The van der Waals surface area contributed by atoms with Crippen molar-refractivity contribution in [2.45, 2.75) is 82.9 Å². The zero-order chi connectivity index (χ0) is 16.1. The Morgan fingerprint density at radius 3 is 3.00 bits per heavy atom. The van der Waals surface area contributed by atoms with E-state index in [9.17, 15) is 4.79 Å². The lowest BCUT2D eigenvalue weighted by molar-refractivity contribution is -0.128. The molecule has 5 nitrogen and oxygen atoms in total. The fourth-order valence-corrected chi connectivity index (χ4v) is 4.05. The molecule has 1 aromatic rings. The van der Waals surface area contributed by atoms with Gasteiger partial charge in [-0.2, -0.15) is 0 Å². The van der Waals surface area contributed by atoms with E-state index in [1.54, 1.807) is 6.20 Å². The highest BCUT2D eigenvalue weighted by Crippen LogP contribution is 2.38. The van der Waals surface area contributed by atoms with Crippen molar-refractivity contribution in [3.63, 3.8) is 0 Å². The summed E-state index contributed by atoms with van der Waals surface area (Å²) in [5, 5.41) is 3.24. The summed E-state index contributed by atoms with van der Waals surface area (Å²) in [5.41, 5.74) is 0.0579. The van der Waals surface area contributed by atoms with Gasteiger partial charge >= 0.3 is 0 Å². The fraction of sp³-hybridized carbons (Fsp3) is 0.778. The van der Waals surface area contributed by atoms with Gasteiger partial charge in [-0.1, -0.05) is 19.3 Å². The molecule has 1 aliphatic heterocycles. The molecule has 128 valence electrons. The molecule has 1 aromatic heterocycles. The summed E-state index contributed by atoms with van der Waals surface area (Å²) in [7, 11) is 0. The summed E-state index contributed by atoms with van der Waals surface area (Å²) >= 11 is 0. The molecule has 3 rings (SSSR count). The predicted molar refractivity (Wildman–Crippen MR) is 89.1 cm³/mol. The molecule has 2 aliphatic rings. The number of aromatic nitrogens is 2. The third-order valence-electron chi connectivity index (χ3n) is 5.35. The van der Waals surface area contributed by atoms with Crippen LogP contribution >= 0.6 is 0 Å². The maximum Gasteiger partial charge on any atom is 0.220 e. The normalized spacial score (nSPS) is 23.8. The van der Waals surface area contributed by atoms with Crippen LogP contribution in [0.15, 0.2) is 12.4 Å². The highest BCUT2D eigenvalue weighted by molar-refractivity contribution is 5.76. The minimum absolute atomic E-state index is 0.0579. The van der Waals surface area contributed by atoms with E-state index in [0.29, 0.717) is 12.5 Å². The fourth-order valence-electron chi connectivity index (χ4n) is 4.05. The highest BCUT2D eigenvalue weighted by atomic mass is 16.5. The second kappa shape index (κ2) is 7.47. The van der Waals surface area contributed by atoms with Gasteiger partial charge in [0, 0.05) is 38.0 Å². The van der Waals surface area contributed by atoms with Gasteiger partial charge in [-0.25, -0.2) is 4.98 Å². The van der Waals surface area contributed by atoms with E-state index >= 15 is 0 Å². The number of carbonyl (C=O) groups is 1. The van der Waals surface area contributed by atoms with Crippen LogP contribution in [0.4, 0.5) is 0 Å². The van der Waals surface area contributed by atoms with Crippen LogP contribution in [-0.4, -0.2) is 33.7 Å². The molecule has 2 fully saturated rings. The van der Waals surface area contributed by atoms with Crippen LogP contribution in [0.3, 0.4) is 0 Å². The number of ether oxygens (including phenoxy) is 1. The second-order valence-electron chi connectivity index (χ2n) is 7.12. The number of amides is 1. The van der Waals surface area contributed by atoms with Crippen molar-refractivity contribution in [2.75, 3.05) is 6.61 Å². The van der Waals surface area contributed by atoms with Crippen LogP contribution in [0.25, 0.3) is 0 Å². The molecule has 1 amide bonds. The lowest BCUT2D eigenvalue weighted by Gasteiger charge is -2.43. The summed E-state index contributed by atoms with van der Waals surface area (Å²) in [6.07, 6.45) is 13.4. The van der Waals surface area contributed by atoms with Gasteiger partial charge in [-0.3, -0.25) is 4.79 Å². The monoisotopic (exact) mass is 319 g/mol. The largest absolute Gasteiger partial charge is 0.375 e. The minimum atomic E-state index is 0.0579. The van der Waals surface area contributed by atoms with Crippen LogP contribution in [0.5, 0.6) is 0 Å². The Morgan fingerprint density at radius 2 is 2.26 bits per heavy atom. The molecule has 5 heteroatoms. The Hall–Kier alpha value is -1.36. The molecule has 1 saturated heterocycles. The number of hydrogen-bond acceptors (Lipinski definition) is 3. The SMILES string of the molecule is Cc1nccn1CCCC(=O)NC1CCOC2(CCCCC2)C1. The van der Waals surface area contributed by atoms with E-state index in [1.165, 1.54) is 32.1 Å². The molecule has 1 aliphatic carbocycles. The van der Waals surface area contributed by atoms with E-state index in [1.807, 2.05) is 13.1 Å². The number of aryl methyl sites for hydroxylation is 2. The number of carbonyl (C=O) groups excluding carboxylic acids is 1. The third-order valence-corrected chi connectivity index (χ3v) is 5.35. The first-order valence-electron chi connectivity index (χ1n) is 9.08. The molecule has 1 N–H and O–H groups in total. The van der Waals surface area contributed by atoms with Crippen molar-refractivity contribution in [3.05, 3.63) is 18.2 Å². The first-order chi connectivity index (χ1) is 11.2. The molecule has 1 atom stereocenters. The molecule has 2 heterocycles. The van der Waals surface area contributed by atoms with Crippen LogP contribution in [-0.2, 0) is 16.1 Å². The molecule has 1 saturated carbocycles. The Kier molecular flexibility index (Phi) is 5.36. The number of hydrogen-bond donors (Lipinski definition) is 1. The Balaban J connectivity index is 1.41. The summed E-state index contributed by atoms with van der Waals surface area (Å²) < 4.78 is 8.20. The minimum Gasteiger partial charge on any atom is -0.375 e. The van der Waals surface area contributed by atoms with Crippen LogP contribution in [0.1, 0.15) is 63.6 Å². The topological polar surface area (TPSA) is 56.2 Å². The quantitative estimate of drug-likeness (QED) is 0.908. The van der Waals surface area contributed by atoms with E-state index in [4.69, 9.17) is 4.74 Å². The number of nitrogens with one attached hydrogen (secondary N) is 1. The number of nitrogens with zero attached hydrogens (tertiary/aromatic N) is 2. The summed E-state index contributed by atoms with van der Waals surface area (Å²) in [4.78, 5) is 16.4. The number of imidazole rings is 1. The van der Waals surface area contributed by atoms with Crippen molar-refractivity contribution in [3.8, 4) is 0 Å². The lowest BCUT2D eigenvalue weighted by Crippen LogP contribution is -2.49. The Bertz CT molecular complexity index is 515. The molecule has 1 unspecified atom stereocenters. The van der Waals surface area contributed by atoms with Crippen molar-refractivity contribution in [2.24, 2.45) is 0 Å². The predicted octanol–water partition coefficient (Wildman–Crippen LogP) is 2.97. The summed E-state index contributed by atoms with van der Waals surface area (Å²) in [5.74, 6) is 1.19. The van der Waals surface area contributed by atoms with Crippen molar-refractivity contribution in [1.29, 1.82) is 0 Å². The van der Waals surface area contributed by atoms with E-state index in [2.05, 4.69) is 14.9 Å². The van der Waals surface area contributed by atoms with Gasteiger partial charge in [0.25, 0.3) is 0 Å². The smallest absolute Gasteiger partial charge is 0.220 e. The van der Waals surface area contributed by atoms with E-state index in [0.717, 1.165) is 38.2 Å². The van der Waals surface area contributed by atoms with Crippen molar-refractivity contribution < 1.29 is 9.53 Å². The van der Waals surface area contributed by atoms with Crippen LogP contribution in [0.2, 0.25) is 0 Å². The van der Waals surface area contributed by atoms with Crippen LogP contribution < -0.4 is 5.32 Å². The zero-order valence-electron chi connectivity index (χ0n) is 14.2. The van der Waals surface area contributed by atoms with Crippen molar-refractivity contribution in [1.82, 2.24) is 14.9 Å². The maximum atomic E-state index is 12.2. The van der Waals surface area contributed by atoms with Gasteiger partial charge < -0.3 is 14.6 Å². The molecule has 0 radical (unpaired) electrons. The second-order valence-corrected chi connectivity index (χ2v) is 7.12. The summed E-state index contributed by atoms with van der Waals surface area (Å²) in [6.45, 7) is 3.64. The Labute approximate surface area is 138 Å². The summed E-state index contributed by atoms with van der Waals surface area (Å²) in [6, 6.07) is 0.296. The zero-order valence-corrected chi connectivity index (χ0v) is 14.2. The maximum absolute atomic E-state index is 12.2. The van der Waals surface area contributed by atoms with Gasteiger partial charge in [0.15, 0.2) is 0 Å². The average Bonchev–Trinajstić information content (AvgIpc) is 2.93. The van der Waals surface area contributed by atoms with Gasteiger partial charge in [-0.15, -0.1) is 0 Å². The third kappa shape index (κ3) is 4.34. The standard InChI is InChI=1S/C18H29N3O2/c1-15-19-10-12-21(15)11-5-6-17(22)20-16-7-13-23-18(14-16)8-3-2-4-9-18/h10,12,16H,2-9,11,13-14H2,1H3,(H,20,22). The van der Waals surface area contributed by atoms with Crippen LogP contribution in [0, 0.1) is 6.92 Å². The molecule has 23 heavy (non-hydrogen) atoms. The van der Waals surface area contributed by atoms with Gasteiger partial charge in [0.2, 0.25) is 5.91 Å². The molecule has 1 spiro atoms. The molecule has 0 bridgehead atoms. The average molecular weight is 319 g/mol. The molecular formula is C18H29N3O2. The van der Waals surface area contributed by atoms with E-state index < -0.39 is 0 Å². The molecule has 0 aromatic carbocycles. The molecular weight excluding hydrogens is 290 g/mol. The lowest BCUT2D eigenvalue weighted by atomic mass is 9.78. The van der Waals surface area contributed by atoms with Gasteiger partial charge in [-0.05, 0) is 39.0 Å². The van der Waals surface area contributed by atoms with Gasteiger partial charge in [0.1, 0.15) is 5.82 Å². The first-order valence-corrected chi connectivity index (χ1v) is 9.08. The van der Waals surface area contributed by atoms with Crippen molar-refractivity contribution >= 4 is 5.91 Å². The number of rotatable bonds is 5. The first kappa shape index (κ1) is 16.5. The Morgan fingerprint density at radius 1 is 1.43 bits per heavy atom. The van der Waals surface area contributed by atoms with E-state index in [-0.39, 0.29) is 11.5 Å². The van der Waals surface area contributed by atoms with Gasteiger partial charge in [0.05, 0.1) is 5.60 Å².